The predicted molar refractivity (Wildman–Crippen MR) is 124 cm³/mol. The largest absolute Gasteiger partial charge is 0.379 e. The lowest BCUT2D eigenvalue weighted by Crippen LogP contribution is -2.40. The molecule has 1 aliphatic heterocycles. The second-order valence-electron chi connectivity index (χ2n) is 7.76. The van der Waals surface area contributed by atoms with Gasteiger partial charge in [-0.05, 0) is 43.7 Å². The van der Waals surface area contributed by atoms with Gasteiger partial charge in [0, 0.05) is 41.7 Å². The fraction of sp³-hybridized carbons (Fsp3) is 0.261. The molecular weight excluding hydrogens is 444 g/mol. The van der Waals surface area contributed by atoms with Crippen molar-refractivity contribution < 1.29 is 17.9 Å². The number of morpholine rings is 1. The first-order valence-corrected chi connectivity index (χ1v) is 11.9. The van der Waals surface area contributed by atoms with Crippen LogP contribution in [0, 0.1) is 13.8 Å². The second-order valence-corrected chi connectivity index (χ2v) is 9.70. The Bertz CT molecular complexity index is 1360. The Hall–Kier alpha value is -3.34. The van der Waals surface area contributed by atoms with E-state index in [2.05, 4.69) is 15.3 Å². The number of aryl methyl sites for hydroxylation is 2. The number of H-pyrrole nitrogens is 1. The van der Waals surface area contributed by atoms with Crippen molar-refractivity contribution in [2.45, 2.75) is 18.7 Å². The highest BCUT2D eigenvalue weighted by Gasteiger charge is 2.27. The molecule has 0 aliphatic carbocycles. The summed E-state index contributed by atoms with van der Waals surface area (Å²) in [5, 5.41) is 2.81. The van der Waals surface area contributed by atoms with Crippen molar-refractivity contribution in [1.82, 2.24) is 14.3 Å². The number of sulfonamides is 1. The van der Waals surface area contributed by atoms with E-state index in [-0.39, 0.29) is 29.1 Å². The summed E-state index contributed by atoms with van der Waals surface area (Å²) in [4.78, 5) is 31.9. The Balaban J connectivity index is 1.60. The van der Waals surface area contributed by atoms with Crippen LogP contribution in [0.5, 0.6) is 0 Å². The number of benzene rings is 2. The average Bonchev–Trinajstić information content (AvgIpc) is 2.79. The van der Waals surface area contributed by atoms with Crippen LogP contribution in [0.25, 0.3) is 11.4 Å². The number of hydrogen-bond acceptors (Lipinski definition) is 6. The molecule has 2 heterocycles. The highest BCUT2D eigenvalue weighted by molar-refractivity contribution is 7.89. The Morgan fingerprint density at radius 2 is 1.85 bits per heavy atom. The van der Waals surface area contributed by atoms with E-state index in [1.165, 1.54) is 22.5 Å². The van der Waals surface area contributed by atoms with E-state index in [1.807, 2.05) is 0 Å². The third-order valence-corrected chi connectivity index (χ3v) is 7.22. The van der Waals surface area contributed by atoms with Gasteiger partial charge in [-0.25, -0.2) is 13.4 Å². The second kappa shape index (κ2) is 9.26. The van der Waals surface area contributed by atoms with E-state index in [0.29, 0.717) is 41.5 Å². The first kappa shape index (κ1) is 22.8. The lowest BCUT2D eigenvalue weighted by atomic mass is 10.1. The number of nitrogens with zero attached hydrogens (tertiary/aromatic N) is 2. The average molecular weight is 469 g/mol. The summed E-state index contributed by atoms with van der Waals surface area (Å²) in [5.41, 5.74) is 2.35. The van der Waals surface area contributed by atoms with Gasteiger partial charge in [-0.15, -0.1) is 0 Å². The molecule has 0 radical (unpaired) electrons. The number of aromatic amines is 1. The number of anilines is 1. The molecule has 33 heavy (non-hydrogen) atoms. The van der Waals surface area contributed by atoms with Crippen LogP contribution in [0.2, 0.25) is 0 Å². The van der Waals surface area contributed by atoms with Gasteiger partial charge in [0.25, 0.3) is 11.5 Å². The van der Waals surface area contributed by atoms with Gasteiger partial charge in [0.1, 0.15) is 5.82 Å². The summed E-state index contributed by atoms with van der Waals surface area (Å²) >= 11 is 0. The molecule has 172 valence electrons. The minimum absolute atomic E-state index is 0.0652. The summed E-state index contributed by atoms with van der Waals surface area (Å²) in [7, 11) is -3.73. The molecule has 10 heteroatoms. The van der Waals surface area contributed by atoms with E-state index >= 15 is 0 Å². The minimum atomic E-state index is -3.73. The van der Waals surface area contributed by atoms with Crippen molar-refractivity contribution in [3.05, 3.63) is 75.7 Å². The molecular formula is C23H24N4O5S. The van der Waals surface area contributed by atoms with Gasteiger partial charge in [0.15, 0.2) is 0 Å². The van der Waals surface area contributed by atoms with Gasteiger partial charge in [-0.3, -0.25) is 9.59 Å². The maximum absolute atomic E-state index is 13.0. The molecule has 0 spiro atoms. The number of aromatic nitrogens is 2. The van der Waals surface area contributed by atoms with Crippen LogP contribution >= 0.6 is 0 Å². The third-order valence-electron chi connectivity index (χ3n) is 5.33. The Labute approximate surface area is 191 Å². The lowest BCUT2D eigenvalue weighted by Gasteiger charge is -2.26. The number of amides is 1. The van der Waals surface area contributed by atoms with Gasteiger partial charge >= 0.3 is 0 Å². The fourth-order valence-electron chi connectivity index (χ4n) is 3.60. The van der Waals surface area contributed by atoms with Crippen LogP contribution in [0.4, 0.5) is 5.69 Å². The van der Waals surface area contributed by atoms with Gasteiger partial charge in [0.2, 0.25) is 10.0 Å². The quantitative estimate of drug-likeness (QED) is 0.593. The Morgan fingerprint density at radius 1 is 1.09 bits per heavy atom. The van der Waals surface area contributed by atoms with E-state index in [9.17, 15) is 18.0 Å². The highest BCUT2D eigenvalue weighted by atomic mass is 32.2. The molecule has 1 amide bonds. The molecule has 9 nitrogen and oxygen atoms in total. The van der Waals surface area contributed by atoms with Crippen molar-refractivity contribution in [3.8, 4) is 11.4 Å². The van der Waals surface area contributed by atoms with Gasteiger partial charge in [-0.2, -0.15) is 4.31 Å². The van der Waals surface area contributed by atoms with Crippen LogP contribution in [-0.2, 0) is 14.8 Å². The van der Waals surface area contributed by atoms with E-state index in [1.54, 1.807) is 44.2 Å². The van der Waals surface area contributed by atoms with Gasteiger partial charge in [0.05, 0.1) is 18.1 Å². The SMILES string of the molecule is Cc1cc(=O)[nH]c(-c2cccc(NC(=O)c3cc(S(=O)(=O)N4CCOCC4)ccc3C)c2)n1. The number of ether oxygens (including phenoxy) is 1. The zero-order chi connectivity index (χ0) is 23.6. The van der Waals surface area contributed by atoms with Gasteiger partial charge < -0.3 is 15.0 Å². The fourth-order valence-corrected chi connectivity index (χ4v) is 5.04. The zero-order valence-electron chi connectivity index (χ0n) is 18.3. The lowest BCUT2D eigenvalue weighted by molar-refractivity contribution is 0.0730. The smallest absolute Gasteiger partial charge is 0.255 e. The number of nitrogens with one attached hydrogen (secondary N) is 2. The Kier molecular flexibility index (Phi) is 6.41. The molecule has 1 aromatic heterocycles. The molecule has 2 N–H and O–H groups in total. The summed E-state index contributed by atoms with van der Waals surface area (Å²) < 4.78 is 32.6. The standard InChI is InChI=1S/C23H24N4O5S/c1-15-6-7-19(33(30,31)27-8-10-32-11-9-27)14-20(15)23(29)25-18-5-3-4-17(13-18)22-24-16(2)12-21(28)26-22/h3-7,12-14H,8-11H2,1-2H3,(H,25,29)(H,24,26,28). The molecule has 0 unspecified atom stereocenters. The first-order valence-electron chi connectivity index (χ1n) is 10.4. The molecule has 2 aromatic carbocycles. The summed E-state index contributed by atoms with van der Waals surface area (Å²) in [6.45, 7) is 4.72. The van der Waals surface area contributed by atoms with Crippen molar-refractivity contribution in [1.29, 1.82) is 0 Å². The zero-order valence-corrected chi connectivity index (χ0v) is 19.1. The maximum atomic E-state index is 13.0. The number of carbonyl (C=O) groups is 1. The summed E-state index contributed by atoms with van der Waals surface area (Å²) in [6.07, 6.45) is 0. The highest BCUT2D eigenvalue weighted by Crippen LogP contribution is 2.23. The van der Waals surface area contributed by atoms with E-state index < -0.39 is 15.9 Å². The molecule has 0 atom stereocenters. The van der Waals surface area contributed by atoms with Crippen LogP contribution < -0.4 is 10.9 Å². The molecule has 1 saturated heterocycles. The van der Waals surface area contributed by atoms with Crippen LogP contribution in [0.1, 0.15) is 21.6 Å². The number of hydrogen-bond donors (Lipinski definition) is 2. The van der Waals surface area contributed by atoms with Crippen LogP contribution in [0.3, 0.4) is 0 Å². The van der Waals surface area contributed by atoms with Gasteiger partial charge in [-0.1, -0.05) is 18.2 Å². The van der Waals surface area contributed by atoms with Crippen molar-refractivity contribution >= 4 is 21.6 Å². The van der Waals surface area contributed by atoms with Crippen molar-refractivity contribution in [3.63, 3.8) is 0 Å². The van der Waals surface area contributed by atoms with Crippen molar-refractivity contribution in [2.75, 3.05) is 31.6 Å². The monoisotopic (exact) mass is 468 g/mol. The van der Waals surface area contributed by atoms with E-state index in [0.717, 1.165) is 0 Å². The minimum Gasteiger partial charge on any atom is -0.379 e. The van der Waals surface area contributed by atoms with Crippen molar-refractivity contribution in [2.24, 2.45) is 0 Å². The maximum Gasteiger partial charge on any atom is 0.255 e. The van der Waals surface area contributed by atoms with Crippen LogP contribution in [-0.4, -0.2) is 54.9 Å². The predicted octanol–water partition coefficient (Wildman–Crippen LogP) is 2.33. The molecule has 3 aromatic rings. The van der Waals surface area contributed by atoms with E-state index in [4.69, 9.17) is 4.74 Å². The molecule has 1 fully saturated rings. The molecule has 1 aliphatic rings. The normalized spacial score (nSPS) is 14.7. The molecule has 0 bridgehead atoms. The van der Waals surface area contributed by atoms with Crippen LogP contribution in [0.15, 0.2) is 58.2 Å². The first-order chi connectivity index (χ1) is 15.7. The molecule has 0 saturated carbocycles. The Morgan fingerprint density at radius 3 is 2.58 bits per heavy atom. The summed E-state index contributed by atoms with van der Waals surface area (Å²) in [6, 6.07) is 12.8. The number of rotatable bonds is 5. The topological polar surface area (TPSA) is 121 Å². The third kappa shape index (κ3) is 5.03. The summed E-state index contributed by atoms with van der Waals surface area (Å²) in [5.74, 6) is -0.0414. The number of carbonyl (C=O) groups excluding carboxylic acids is 1. The molecule has 4 rings (SSSR count).